The van der Waals surface area contributed by atoms with Gasteiger partial charge in [0.25, 0.3) is 0 Å². The second-order valence-electron chi connectivity index (χ2n) is 3.91. The van der Waals surface area contributed by atoms with E-state index in [1.165, 1.54) is 0 Å². The summed E-state index contributed by atoms with van der Waals surface area (Å²) in [5.74, 6) is 0.596. The fraction of sp³-hybridized carbons (Fsp3) is 1.00. The molecule has 0 spiro atoms. The lowest BCUT2D eigenvalue weighted by molar-refractivity contribution is 0.290. The van der Waals surface area contributed by atoms with Crippen LogP contribution in [0.5, 0.6) is 0 Å². The van der Waals surface area contributed by atoms with Gasteiger partial charge in [-0.25, -0.2) is 0 Å². The Labute approximate surface area is 64.0 Å². The average Bonchev–Trinajstić information content (AvgIpc) is 1.87. The van der Waals surface area contributed by atoms with Gasteiger partial charge in [-0.05, 0) is 30.8 Å². The molecule has 0 radical (unpaired) electrons. The molecule has 2 heteroatoms. The average molecular weight is 144 g/mol. The van der Waals surface area contributed by atoms with Gasteiger partial charge in [0.05, 0.1) is 0 Å². The Morgan fingerprint density at radius 1 is 1.30 bits per heavy atom. The maximum Gasteiger partial charge on any atom is -0.00257 e. The summed E-state index contributed by atoms with van der Waals surface area (Å²) in [5, 5.41) is 0. The van der Waals surface area contributed by atoms with Crippen molar-refractivity contribution in [2.75, 3.05) is 13.1 Å². The van der Waals surface area contributed by atoms with Crippen molar-refractivity contribution in [3.63, 3.8) is 0 Å². The molecule has 0 aromatic heterocycles. The van der Waals surface area contributed by atoms with Crippen LogP contribution in [-0.4, -0.2) is 13.1 Å². The Balaban J connectivity index is 3.64. The first kappa shape index (κ1) is 9.92. The third kappa shape index (κ3) is 3.85. The molecule has 0 aliphatic rings. The van der Waals surface area contributed by atoms with E-state index in [1.54, 1.807) is 0 Å². The molecule has 0 aliphatic heterocycles. The minimum Gasteiger partial charge on any atom is -0.330 e. The Kier molecular flexibility index (Phi) is 3.91. The molecule has 4 N–H and O–H groups in total. The summed E-state index contributed by atoms with van der Waals surface area (Å²) in [6.45, 7) is 8.04. The molecule has 1 atom stereocenters. The Bertz CT molecular complexity index is 89.3. The molecule has 0 rings (SSSR count). The third-order valence-electron chi connectivity index (χ3n) is 1.86. The summed E-state index contributed by atoms with van der Waals surface area (Å²) in [5.41, 5.74) is 11.3. The molecule has 1 unspecified atom stereocenters. The summed E-state index contributed by atoms with van der Waals surface area (Å²) in [6, 6.07) is 0. The van der Waals surface area contributed by atoms with Gasteiger partial charge >= 0.3 is 0 Å². The smallest absolute Gasteiger partial charge is 0.00257 e. The molecule has 0 fully saturated rings. The first-order valence-electron chi connectivity index (χ1n) is 3.92. The van der Waals surface area contributed by atoms with E-state index in [9.17, 15) is 0 Å². The van der Waals surface area contributed by atoms with Crippen molar-refractivity contribution in [1.29, 1.82) is 0 Å². The van der Waals surface area contributed by atoms with Crippen LogP contribution in [0.15, 0.2) is 0 Å². The van der Waals surface area contributed by atoms with Crippen LogP contribution in [0.3, 0.4) is 0 Å². The zero-order valence-electron chi connectivity index (χ0n) is 7.35. The molecule has 10 heavy (non-hydrogen) atoms. The van der Waals surface area contributed by atoms with E-state index in [0.29, 0.717) is 5.92 Å². The van der Waals surface area contributed by atoms with Gasteiger partial charge in [-0.2, -0.15) is 0 Å². The van der Waals surface area contributed by atoms with E-state index in [4.69, 9.17) is 11.5 Å². The van der Waals surface area contributed by atoms with Crippen molar-refractivity contribution in [2.45, 2.75) is 27.2 Å². The van der Waals surface area contributed by atoms with Crippen molar-refractivity contribution >= 4 is 0 Å². The van der Waals surface area contributed by atoms with Gasteiger partial charge in [-0.15, -0.1) is 0 Å². The Morgan fingerprint density at radius 2 is 1.80 bits per heavy atom. The van der Waals surface area contributed by atoms with Gasteiger partial charge in [-0.3, -0.25) is 0 Å². The summed E-state index contributed by atoms with van der Waals surface area (Å²) >= 11 is 0. The second kappa shape index (κ2) is 3.94. The van der Waals surface area contributed by atoms with Crippen LogP contribution < -0.4 is 11.5 Å². The van der Waals surface area contributed by atoms with Gasteiger partial charge < -0.3 is 11.5 Å². The van der Waals surface area contributed by atoms with Gasteiger partial charge in [-0.1, -0.05) is 20.8 Å². The first-order chi connectivity index (χ1) is 4.52. The maximum absolute atomic E-state index is 5.57. The molecule has 0 saturated heterocycles. The fourth-order valence-corrected chi connectivity index (χ4v) is 1.11. The zero-order valence-corrected chi connectivity index (χ0v) is 7.35. The summed E-state index contributed by atoms with van der Waals surface area (Å²) < 4.78 is 0. The normalized spacial score (nSPS) is 15.3. The maximum atomic E-state index is 5.57. The van der Waals surface area contributed by atoms with E-state index in [1.807, 2.05) is 0 Å². The number of nitrogens with two attached hydrogens (primary N) is 2. The van der Waals surface area contributed by atoms with Crippen molar-refractivity contribution < 1.29 is 0 Å². The van der Waals surface area contributed by atoms with Crippen molar-refractivity contribution in [1.82, 2.24) is 0 Å². The highest BCUT2D eigenvalue weighted by molar-refractivity contribution is 4.72. The van der Waals surface area contributed by atoms with Crippen LogP contribution in [0.25, 0.3) is 0 Å². The molecule has 62 valence electrons. The molecule has 0 bridgehead atoms. The third-order valence-corrected chi connectivity index (χ3v) is 1.86. The van der Waals surface area contributed by atoms with Crippen molar-refractivity contribution in [2.24, 2.45) is 22.8 Å². The van der Waals surface area contributed by atoms with Gasteiger partial charge in [0, 0.05) is 0 Å². The molecule has 0 heterocycles. The van der Waals surface area contributed by atoms with Gasteiger partial charge in [0.2, 0.25) is 0 Å². The van der Waals surface area contributed by atoms with E-state index < -0.39 is 0 Å². The predicted molar refractivity (Wildman–Crippen MR) is 45.7 cm³/mol. The van der Waals surface area contributed by atoms with Crippen LogP contribution in [0.4, 0.5) is 0 Å². The van der Waals surface area contributed by atoms with E-state index in [-0.39, 0.29) is 5.41 Å². The quantitative estimate of drug-likeness (QED) is 0.617. The number of hydrogen-bond donors (Lipinski definition) is 2. The Hall–Kier alpha value is -0.0800. The highest BCUT2D eigenvalue weighted by atomic mass is 14.6. The van der Waals surface area contributed by atoms with E-state index >= 15 is 0 Å². The molecular weight excluding hydrogens is 124 g/mol. The SMILES string of the molecule is CC(CN)CC(C)(C)CN. The zero-order chi connectivity index (χ0) is 8.20. The topological polar surface area (TPSA) is 52.0 Å². The van der Waals surface area contributed by atoms with E-state index in [2.05, 4.69) is 20.8 Å². The molecule has 2 nitrogen and oxygen atoms in total. The first-order valence-corrected chi connectivity index (χ1v) is 3.92. The highest BCUT2D eigenvalue weighted by Gasteiger charge is 2.17. The van der Waals surface area contributed by atoms with Crippen LogP contribution in [0.1, 0.15) is 27.2 Å². The second-order valence-corrected chi connectivity index (χ2v) is 3.91. The fourth-order valence-electron chi connectivity index (χ4n) is 1.11. The lowest BCUT2D eigenvalue weighted by Gasteiger charge is -2.25. The number of rotatable bonds is 4. The minimum atomic E-state index is 0.263. The monoisotopic (exact) mass is 144 g/mol. The summed E-state index contributed by atoms with van der Waals surface area (Å²) in [4.78, 5) is 0. The van der Waals surface area contributed by atoms with Crippen molar-refractivity contribution in [3.8, 4) is 0 Å². The van der Waals surface area contributed by atoms with Crippen LogP contribution in [0.2, 0.25) is 0 Å². The Morgan fingerprint density at radius 3 is 2.10 bits per heavy atom. The van der Waals surface area contributed by atoms with Crippen LogP contribution in [-0.2, 0) is 0 Å². The largest absolute Gasteiger partial charge is 0.330 e. The molecule has 0 aliphatic carbocycles. The molecule has 0 aromatic rings. The summed E-state index contributed by atoms with van der Waals surface area (Å²) in [7, 11) is 0. The minimum absolute atomic E-state index is 0.263. The molecular formula is C8H20N2. The highest BCUT2D eigenvalue weighted by Crippen LogP contribution is 2.22. The summed E-state index contributed by atoms with van der Waals surface area (Å²) in [6.07, 6.45) is 1.12. The number of hydrogen-bond acceptors (Lipinski definition) is 2. The van der Waals surface area contributed by atoms with Crippen LogP contribution in [0, 0.1) is 11.3 Å². The predicted octanol–water partition coefficient (Wildman–Crippen LogP) is 0.956. The van der Waals surface area contributed by atoms with Crippen molar-refractivity contribution in [3.05, 3.63) is 0 Å². The van der Waals surface area contributed by atoms with E-state index in [0.717, 1.165) is 19.5 Å². The molecule has 0 aromatic carbocycles. The van der Waals surface area contributed by atoms with Crippen LogP contribution >= 0.6 is 0 Å². The van der Waals surface area contributed by atoms with Gasteiger partial charge in [0.1, 0.15) is 0 Å². The van der Waals surface area contributed by atoms with Gasteiger partial charge in [0.15, 0.2) is 0 Å². The molecule has 0 amide bonds. The molecule has 0 saturated carbocycles. The standard InChI is InChI=1S/C8H20N2/c1-7(5-9)4-8(2,3)6-10/h7H,4-6,9-10H2,1-3H3. The lowest BCUT2D eigenvalue weighted by atomic mass is 9.83. The lowest BCUT2D eigenvalue weighted by Crippen LogP contribution is -2.28.